The number of amides is 3. The highest BCUT2D eigenvalue weighted by molar-refractivity contribution is 5.79. The number of aromatic nitrogens is 1. The van der Waals surface area contributed by atoms with Crippen molar-refractivity contribution in [2.45, 2.75) is 25.9 Å². The lowest BCUT2D eigenvalue weighted by molar-refractivity contribution is -0.138. The van der Waals surface area contributed by atoms with Gasteiger partial charge in [0.05, 0.1) is 12.2 Å². The number of rotatable bonds is 5. The van der Waals surface area contributed by atoms with Gasteiger partial charge in [0.1, 0.15) is 12.4 Å². The lowest BCUT2D eigenvalue weighted by atomic mass is 9.82. The quantitative estimate of drug-likeness (QED) is 0.434. The monoisotopic (exact) mass is 531 g/mol. The van der Waals surface area contributed by atoms with Gasteiger partial charge in [-0.1, -0.05) is 36.4 Å². The van der Waals surface area contributed by atoms with Gasteiger partial charge in [-0.05, 0) is 36.5 Å². The predicted molar refractivity (Wildman–Crippen MR) is 146 cm³/mol. The third-order valence-corrected chi connectivity index (χ3v) is 7.97. The van der Waals surface area contributed by atoms with Crippen LogP contribution in [0.4, 0.5) is 0 Å². The zero-order valence-corrected chi connectivity index (χ0v) is 22.4. The molecule has 0 saturated carbocycles. The van der Waals surface area contributed by atoms with Crippen LogP contribution >= 0.6 is 0 Å². The van der Waals surface area contributed by atoms with Crippen molar-refractivity contribution in [1.29, 1.82) is 0 Å². The average Bonchev–Trinajstić information content (AvgIpc) is 2.97. The van der Waals surface area contributed by atoms with Crippen LogP contribution in [0.2, 0.25) is 0 Å². The van der Waals surface area contributed by atoms with Gasteiger partial charge in [0, 0.05) is 70.5 Å². The summed E-state index contributed by atoms with van der Waals surface area (Å²) in [5.41, 5.74) is 1.95. The fourth-order valence-corrected chi connectivity index (χ4v) is 5.72. The van der Waals surface area contributed by atoms with Crippen LogP contribution in [0.5, 0.6) is 5.75 Å². The summed E-state index contributed by atoms with van der Waals surface area (Å²) in [6.45, 7) is 5.41. The van der Waals surface area contributed by atoms with Gasteiger partial charge in [0.25, 0.3) is 0 Å². The van der Waals surface area contributed by atoms with Crippen LogP contribution in [0.3, 0.4) is 0 Å². The van der Waals surface area contributed by atoms with E-state index in [4.69, 9.17) is 4.74 Å². The molecular weight excluding hydrogens is 494 g/mol. The Bertz CT molecular complexity index is 1160. The lowest BCUT2D eigenvalue weighted by Gasteiger charge is -2.39. The van der Waals surface area contributed by atoms with Crippen molar-refractivity contribution in [3.63, 3.8) is 0 Å². The predicted octanol–water partition coefficient (Wildman–Crippen LogP) is 2.19. The molecule has 2 atom stereocenters. The number of hydrogen-bond acceptors (Lipinski definition) is 6. The van der Waals surface area contributed by atoms with Crippen molar-refractivity contribution in [1.82, 2.24) is 24.6 Å². The highest BCUT2D eigenvalue weighted by atomic mass is 16.5. The van der Waals surface area contributed by atoms with E-state index in [-0.39, 0.29) is 30.2 Å². The molecule has 0 N–H and O–H groups in total. The molecule has 5 rings (SSSR count). The zero-order valence-electron chi connectivity index (χ0n) is 22.4. The molecule has 2 saturated heterocycles. The first-order chi connectivity index (χ1) is 19.1. The van der Waals surface area contributed by atoms with Crippen LogP contribution in [0.15, 0.2) is 60.8 Å². The minimum Gasteiger partial charge on any atom is -0.489 e. The number of benzene rings is 1. The van der Waals surface area contributed by atoms with Gasteiger partial charge in [-0.25, -0.2) is 0 Å². The van der Waals surface area contributed by atoms with E-state index >= 15 is 0 Å². The number of nitrogens with zero attached hydrogens (tertiary/aromatic N) is 5. The number of piperidine rings is 1. The number of hydrogen-bond donors (Lipinski definition) is 0. The summed E-state index contributed by atoms with van der Waals surface area (Å²) >= 11 is 0. The SMILES string of the molecule is O=CN1CCN(C(=O)C[C@@H]2CCN3C[C@@H]2/C=C\COc2ccccc2CN(Cc2ccccn2)CC3=O)CC1. The summed E-state index contributed by atoms with van der Waals surface area (Å²) in [5, 5.41) is 0. The van der Waals surface area contributed by atoms with Crippen molar-refractivity contribution >= 4 is 18.2 Å². The normalized spacial score (nSPS) is 23.5. The molecule has 0 spiro atoms. The number of para-hydroxylation sites is 1. The van der Waals surface area contributed by atoms with E-state index < -0.39 is 0 Å². The molecule has 2 fully saturated rings. The third kappa shape index (κ3) is 7.03. The molecule has 0 unspecified atom stereocenters. The molecule has 39 heavy (non-hydrogen) atoms. The van der Waals surface area contributed by atoms with E-state index in [0.717, 1.165) is 29.8 Å². The van der Waals surface area contributed by atoms with E-state index in [1.807, 2.05) is 58.3 Å². The first-order valence-corrected chi connectivity index (χ1v) is 13.8. The molecule has 206 valence electrons. The van der Waals surface area contributed by atoms with Gasteiger partial charge in [0.2, 0.25) is 18.2 Å². The van der Waals surface area contributed by atoms with E-state index in [0.29, 0.717) is 65.4 Å². The molecule has 3 amide bonds. The highest BCUT2D eigenvalue weighted by Gasteiger charge is 2.33. The largest absolute Gasteiger partial charge is 0.489 e. The van der Waals surface area contributed by atoms with E-state index in [1.165, 1.54) is 0 Å². The van der Waals surface area contributed by atoms with Crippen molar-refractivity contribution in [3.05, 3.63) is 72.1 Å². The summed E-state index contributed by atoms with van der Waals surface area (Å²) in [5.74, 6) is 1.27. The van der Waals surface area contributed by atoms with Crippen molar-refractivity contribution < 1.29 is 19.1 Å². The maximum Gasteiger partial charge on any atom is 0.236 e. The van der Waals surface area contributed by atoms with Crippen molar-refractivity contribution in [2.24, 2.45) is 11.8 Å². The highest BCUT2D eigenvalue weighted by Crippen LogP contribution is 2.30. The number of carbonyl (C=O) groups is 3. The van der Waals surface area contributed by atoms with Crippen LogP contribution in [-0.4, -0.2) is 95.2 Å². The molecule has 4 heterocycles. The average molecular weight is 532 g/mol. The van der Waals surface area contributed by atoms with E-state index in [1.54, 1.807) is 11.1 Å². The second-order valence-corrected chi connectivity index (χ2v) is 10.6. The molecule has 9 heteroatoms. The number of fused-ring (bicyclic) bond motifs is 3. The minimum atomic E-state index is 0.0757. The lowest BCUT2D eigenvalue weighted by Crippen LogP contribution is -2.50. The van der Waals surface area contributed by atoms with E-state index in [2.05, 4.69) is 16.0 Å². The Kier molecular flexibility index (Phi) is 8.88. The molecule has 0 radical (unpaired) electrons. The van der Waals surface area contributed by atoms with Crippen LogP contribution in [-0.2, 0) is 27.5 Å². The van der Waals surface area contributed by atoms with Gasteiger partial charge >= 0.3 is 0 Å². The maximum atomic E-state index is 13.6. The third-order valence-electron chi connectivity index (χ3n) is 7.97. The fourth-order valence-electron chi connectivity index (χ4n) is 5.72. The Hall–Kier alpha value is -3.72. The number of carbonyl (C=O) groups excluding carboxylic acids is 3. The molecule has 2 aromatic rings. The van der Waals surface area contributed by atoms with Crippen LogP contribution in [0.1, 0.15) is 24.1 Å². The first kappa shape index (κ1) is 26.9. The summed E-state index contributed by atoms with van der Waals surface area (Å²) < 4.78 is 6.16. The zero-order chi connectivity index (χ0) is 27.0. The Morgan fingerprint density at radius 2 is 1.85 bits per heavy atom. The van der Waals surface area contributed by atoms with Gasteiger partial charge in [0.15, 0.2) is 0 Å². The number of pyridine rings is 1. The minimum absolute atomic E-state index is 0.0757. The fraction of sp³-hybridized carbons (Fsp3) is 0.467. The van der Waals surface area contributed by atoms with Gasteiger partial charge in [-0.15, -0.1) is 0 Å². The summed E-state index contributed by atoms with van der Waals surface area (Å²) in [6, 6.07) is 13.8. The van der Waals surface area contributed by atoms with Gasteiger partial charge in [-0.2, -0.15) is 0 Å². The second-order valence-electron chi connectivity index (χ2n) is 10.6. The number of ether oxygens (including phenoxy) is 1. The molecule has 2 bridgehead atoms. The van der Waals surface area contributed by atoms with Crippen LogP contribution in [0.25, 0.3) is 0 Å². The molecule has 9 nitrogen and oxygen atoms in total. The summed E-state index contributed by atoms with van der Waals surface area (Å²) in [4.78, 5) is 49.9. The topological polar surface area (TPSA) is 86.3 Å². The van der Waals surface area contributed by atoms with Gasteiger partial charge < -0.3 is 19.4 Å². The Morgan fingerprint density at radius 3 is 2.64 bits per heavy atom. The molecule has 3 aliphatic heterocycles. The van der Waals surface area contributed by atoms with E-state index in [9.17, 15) is 14.4 Å². The Labute approximate surface area is 230 Å². The molecule has 1 aromatic carbocycles. The maximum absolute atomic E-state index is 13.6. The standard InChI is InChI=1S/C30H37N5O4/c36-23-32-13-15-34(16-14-32)29(37)18-24-10-12-35-20-25(24)7-5-17-39-28-9-2-1-6-26(28)19-33(22-30(35)38)21-27-8-3-4-11-31-27/h1-9,11,23-25H,10,12-22H2/b7-5-/t24-,25-/m0/s1. The van der Waals surface area contributed by atoms with Crippen LogP contribution < -0.4 is 4.74 Å². The smallest absolute Gasteiger partial charge is 0.236 e. The molecular formula is C30H37N5O4. The van der Waals surface area contributed by atoms with Crippen LogP contribution in [0, 0.1) is 11.8 Å². The Morgan fingerprint density at radius 1 is 1.03 bits per heavy atom. The number of piperazine rings is 1. The summed E-state index contributed by atoms with van der Waals surface area (Å²) in [6.07, 6.45) is 8.02. The van der Waals surface area contributed by atoms with Crippen molar-refractivity contribution in [2.75, 3.05) is 52.4 Å². The molecule has 0 aliphatic carbocycles. The van der Waals surface area contributed by atoms with Gasteiger partial charge in [-0.3, -0.25) is 24.3 Å². The second kappa shape index (κ2) is 12.9. The molecule has 3 aliphatic rings. The van der Waals surface area contributed by atoms with Crippen molar-refractivity contribution in [3.8, 4) is 5.75 Å². The first-order valence-electron chi connectivity index (χ1n) is 13.8. The Balaban J connectivity index is 1.31. The summed E-state index contributed by atoms with van der Waals surface area (Å²) in [7, 11) is 0. The molecule has 1 aromatic heterocycles.